The molecule has 1 aliphatic rings. The molecule has 0 bridgehead atoms. The zero-order valence-corrected chi connectivity index (χ0v) is 10.4. The maximum absolute atomic E-state index is 11.6. The normalized spacial score (nSPS) is 24.6. The molecule has 0 aliphatic carbocycles. The van der Waals surface area contributed by atoms with E-state index in [1.165, 1.54) is 5.69 Å². The fourth-order valence-electron chi connectivity index (χ4n) is 2.51. The van der Waals surface area contributed by atoms with Crippen molar-refractivity contribution in [3.8, 4) is 0 Å². The Labute approximate surface area is 102 Å². The minimum absolute atomic E-state index is 0.0704. The molecule has 1 fully saturated rings. The largest absolute Gasteiger partial charge is 0.358 e. The summed E-state index contributed by atoms with van der Waals surface area (Å²) in [4.78, 5) is 11.6. The number of aryl methyl sites for hydroxylation is 1. The fraction of sp³-hybridized carbons (Fsp3) is 0.667. The number of piperidine rings is 1. The summed E-state index contributed by atoms with van der Waals surface area (Å²) < 4.78 is 2.02. The van der Waals surface area contributed by atoms with Crippen molar-refractivity contribution in [3.63, 3.8) is 0 Å². The van der Waals surface area contributed by atoms with Gasteiger partial charge in [0.05, 0.1) is 6.04 Å². The molecule has 2 atom stereocenters. The molecule has 0 spiro atoms. The molecule has 2 unspecified atom stereocenters. The lowest BCUT2D eigenvalue weighted by atomic mass is 9.89. The van der Waals surface area contributed by atoms with Crippen molar-refractivity contribution < 1.29 is 4.79 Å². The quantitative estimate of drug-likeness (QED) is 0.802. The highest BCUT2D eigenvalue weighted by Crippen LogP contribution is 2.27. The van der Waals surface area contributed by atoms with Crippen molar-refractivity contribution in [3.05, 3.63) is 18.0 Å². The Morgan fingerprint density at radius 2 is 2.53 bits per heavy atom. The first-order chi connectivity index (χ1) is 8.26. The molecule has 2 N–H and O–H groups in total. The number of likely N-dealkylation sites (N-methyl/N-ethyl adjacent to an activating group) is 1. The molecular formula is C12H20N4O. The van der Waals surface area contributed by atoms with E-state index in [1.807, 2.05) is 10.9 Å². The van der Waals surface area contributed by atoms with Gasteiger partial charge in [-0.2, -0.15) is 5.10 Å². The molecule has 1 aliphatic heterocycles. The van der Waals surface area contributed by atoms with Crippen molar-refractivity contribution in [2.24, 2.45) is 0 Å². The molecular weight excluding hydrogens is 216 g/mol. The van der Waals surface area contributed by atoms with Gasteiger partial charge in [-0.1, -0.05) is 0 Å². The van der Waals surface area contributed by atoms with Gasteiger partial charge < -0.3 is 10.6 Å². The van der Waals surface area contributed by atoms with Crippen LogP contribution in [-0.4, -0.2) is 35.3 Å². The number of amides is 1. The summed E-state index contributed by atoms with van der Waals surface area (Å²) in [5.41, 5.74) is 1.25. The predicted octanol–water partition coefficient (Wildman–Crippen LogP) is 0.485. The zero-order chi connectivity index (χ0) is 12.3. The Kier molecular flexibility index (Phi) is 3.78. The zero-order valence-electron chi connectivity index (χ0n) is 10.4. The van der Waals surface area contributed by atoms with Gasteiger partial charge in [-0.3, -0.25) is 9.48 Å². The minimum Gasteiger partial charge on any atom is -0.358 e. The summed E-state index contributed by atoms with van der Waals surface area (Å²) >= 11 is 0. The molecule has 2 heterocycles. The van der Waals surface area contributed by atoms with Gasteiger partial charge in [0, 0.05) is 31.4 Å². The van der Waals surface area contributed by atoms with E-state index in [0.29, 0.717) is 5.92 Å². The Hall–Kier alpha value is -1.36. The van der Waals surface area contributed by atoms with Crippen LogP contribution in [-0.2, 0) is 11.3 Å². The number of nitrogens with one attached hydrogen (secondary N) is 2. The van der Waals surface area contributed by atoms with Crippen LogP contribution in [0.25, 0.3) is 0 Å². The number of aromatic nitrogens is 2. The van der Waals surface area contributed by atoms with E-state index in [9.17, 15) is 4.79 Å². The van der Waals surface area contributed by atoms with Crippen LogP contribution in [0.3, 0.4) is 0 Å². The van der Waals surface area contributed by atoms with E-state index in [4.69, 9.17) is 0 Å². The molecule has 94 valence electrons. The Bertz CT molecular complexity index is 388. The Morgan fingerprint density at radius 3 is 3.24 bits per heavy atom. The summed E-state index contributed by atoms with van der Waals surface area (Å²) in [5, 5.41) is 10.3. The third kappa shape index (κ3) is 2.49. The van der Waals surface area contributed by atoms with Gasteiger partial charge in [0.1, 0.15) is 0 Å². The summed E-state index contributed by atoms with van der Waals surface area (Å²) in [6, 6.07) is 2.00. The number of nitrogens with zero attached hydrogens (tertiary/aromatic N) is 2. The van der Waals surface area contributed by atoms with E-state index in [2.05, 4.69) is 28.7 Å². The van der Waals surface area contributed by atoms with Crippen LogP contribution in [0.15, 0.2) is 12.3 Å². The predicted molar refractivity (Wildman–Crippen MR) is 65.7 cm³/mol. The highest BCUT2D eigenvalue weighted by atomic mass is 16.2. The standard InChI is InChI=1S/C12H20N4O/c1-3-16-11(5-7-15-16)9-4-6-14-10(8-9)12(17)13-2/h5,7,9-10,14H,3-4,6,8H2,1-2H3,(H,13,17). The first kappa shape index (κ1) is 12.1. The van der Waals surface area contributed by atoms with Crippen LogP contribution in [0.4, 0.5) is 0 Å². The number of rotatable bonds is 3. The number of carbonyl (C=O) groups is 1. The highest BCUT2D eigenvalue weighted by molar-refractivity contribution is 5.81. The van der Waals surface area contributed by atoms with Gasteiger partial charge in [-0.05, 0) is 32.4 Å². The molecule has 1 aromatic rings. The molecule has 5 heteroatoms. The highest BCUT2D eigenvalue weighted by Gasteiger charge is 2.28. The molecule has 0 radical (unpaired) electrons. The summed E-state index contributed by atoms with van der Waals surface area (Å²) in [6.07, 6.45) is 3.76. The summed E-state index contributed by atoms with van der Waals surface area (Å²) in [7, 11) is 1.68. The lowest BCUT2D eigenvalue weighted by Gasteiger charge is -2.29. The van der Waals surface area contributed by atoms with E-state index in [-0.39, 0.29) is 11.9 Å². The first-order valence-electron chi connectivity index (χ1n) is 6.23. The number of hydrogen-bond acceptors (Lipinski definition) is 3. The van der Waals surface area contributed by atoms with Crippen LogP contribution < -0.4 is 10.6 Å². The van der Waals surface area contributed by atoms with Crippen LogP contribution >= 0.6 is 0 Å². The smallest absolute Gasteiger partial charge is 0.236 e. The van der Waals surface area contributed by atoms with Crippen molar-refractivity contribution >= 4 is 5.91 Å². The van der Waals surface area contributed by atoms with E-state index in [1.54, 1.807) is 7.05 Å². The van der Waals surface area contributed by atoms with Gasteiger partial charge in [0.15, 0.2) is 0 Å². The first-order valence-corrected chi connectivity index (χ1v) is 6.23. The van der Waals surface area contributed by atoms with E-state index >= 15 is 0 Å². The van der Waals surface area contributed by atoms with Gasteiger partial charge >= 0.3 is 0 Å². The van der Waals surface area contributed by atoms with E-state index in [0.717, 1.165) is 25.9 Å². The molecule has 2 rings (SSSR count). The number of carbonyl (C=O) groups excluding carboxylic acids is 1. The Balaban J connectivity index is 2.09. The second kappa shape index (κ2) is 5.31. The van der Waals surface area contributed by atoms with Gasteiger partial charge in [0.2, 0.25) is 5.91 Å². The molecule has 0 saturated carbocycles. The molecule has 17 heavy (non-hydrogen) atoms. The number of hydrogen-bond donors (Lipinski definition) is 2. The lowest BCUT2D eigenvalue weighted by Crippen LogP contribution is -2.47. The molecule has 1 saturated heterocycles. The van der Waals surface area contributed by atoms with Crippen LogP contribution in [0, 0.1) is 0 Å². The van der Waals surface area contributed by atoms with Crippen LogP contribution in [0.5, 0.6) is 0 Å². The van der Waals surface area contributed by atoms with Crippen molar-refractivity contribution in [1.82, 2.24) is 20.4 Å². The van der Waals surface area contributed by atoms with Crippen molar-refractivity contribution in [1.29, 1.82) is 0 Å². The third-order valence-electron chi connectivity index (χ3n) is 3.43. The second-order valence-electron chi connectivity index (χ2n) is 4.41. The molecule has 0 aromatic carbocycles. The monoisotopic (exact) mass is 236 g/mol. The van der Waals surface area contributed by atoms with E-state index < -0.39 is 0 Å². The van der Waals surface area contributed by atoms with Crippen LogP contribution in [0.2, 0.25) is 0 Å². The SMILES string of the molecule is CCn1nccc1C1CCNC(C(=O)NC)C1. The van der Waals surface area contributed by atoms with Crippen molar-refractivity contribution in [2.45, 2.75) is 38.3 Å². The maximum Gasteiger partial charge on any atom is 0.236 e. The fourth-order valence-corrected chi connectivity index (χ4v) is 2.51. The average molecular weight is 236 g/mol. The second-order valence-corrected chi connectivity index (χ2v) is 4.41. The maximum atomic E-state index is 11.6. The topological polar surface area (TPSA) is 59.0 Å². The van der Waals surface area contributed by atoms with Gasteiger partial charge in [0.25, 0.3) is 0 Å². The average Bonchev–Trinajstić information content (AvgIpc) is 2.86. The third-order valence-corrected chi connectivity index (χ3v) is 3.43. The lowest BCUT2D eigenvalue weighted by molar-refractivity contribution is -0.123. The molecule has 1 aromatic heterocycles. The summed E-state index contributed by atoms with van der Waals surface area (Å²) in [5.74, 6) is 0.512. The molecule has 1 amide bonds. The van der Waals surface area contributed by atoms with Gasteiger partial charge in [-0.15, -0.1) is 0 Å². The molecule has 5 nitrogen and oxygen atoms in total. The Morgan fingerprint density at radius 1 is 1.71 bits per heavy atom. The van der Waals surface area contributed by atoms with Crippen molar-refractivity contribution in [2.75, 3.05) is 13.6 Å². The summed E-state index contributed by atoms with van der Waals surface area (Å²) in [6.45, 7) is 3.86. The van der Waals surface area contributed by atoms with Crippen LogP contribution in [0.1, 0.15) is 31.4 Å². The van der Waals surface area contributed by atoms with Gasteiger partial charge in [-0.25, -0.2) is 0 Å². The minimum atomic E-state index is -0.0704.